The number of fused-ring (bicyclic) bond motifs is 6. The first kappa shape index (κ1) is 48.1. The zero-order chi connectivity index (χ0) is 52.1. The van der Waals surface area contributed by atoms with Crippen molar-refractivity contribution in [2.75, 3.05) is 0 Å². The van der Waals surface area contributed by atoms with E-state index < -0.39 is 0 Å². The quantitative estimate of drug-likeness (QED) is 0.166. The van der Waals surface area contributed by atoms with Crippen LogP contribution in [0.1, 0.15) is 111 Å². The maximum atomic E-state index is 11.3. The van der Waals surface area contributed by atoms with Crippen molar-refractivity contribution in [1.82, 2.24) is 24.1 Å². The van der Waals surface area contributed by atoms with Crippen molar-refractivity contribution in [2.24, 2.45) is 0 Å². The van der Waals surface area contributed by atoms with Gasteiger partial charge in [-0.2, -0.15) is 5.26 Å². The monoisotopic (exact) mass is 965 g/mol. The Labute approximate surface area is 436 Å². The summed E-state index contributed by atoms with van der Waals surface area (Å²) in [5, 5.41) is 16.0. The average molecular weight is 965 g/mol. The minimum Gasteiger partial charge on any atom is -0.309 e. The first-order valence-electron chi connectivity index (χ1n) is 25.9. The van der Waals surface area contributed by atoms with E-state index in [9.17, 15) is 5.26 Å². The highest BCUT2D eigenvalue weighted by Gasteiger charge is 2.27. The van der Waals surface area contributed by atoms with Gasteiger partial charge in [0.1, 0.15) is 6.07 Å². The van der Waals surface area contributed by atoms with Crippen LogP contribution in [0.2, 0.25) is 0 Å². The lowest BCUT2D eigenvalue weighted by molar-refractivity contribution is 0.590. The smallest absolute Gasteiger partial charge is 0.164 e. The maximum Gasteiger partial charge on any atom is 0.164 e. The molecular formula is C68H64N6. The van der Waals surface area contributed by atoms with Gasteiger partial charge in [-0.3, -0.25) is 0 Å². The standard InChI is InChI=1S/C68H64N6/c1-65(2,3)45-26-32-57-52(36-45)53-37-46(66(4,5)6)27-33-58(53)73(57)49-30-31-50(56(40-49)64-71-62(42-20-15-13-16-21-42)70-63(72-64)43-22-17-14-18-23-43)51-25-19-24-44(41-69)61(51)74-59-34-28-47(67(7,8)9)38-54(59)55-39-48(68(10,11)12)29-35-60(55)74/h13-40H,1-12H3. The summed E-state index contributed by atoms with van der Waals surface area (Å²) >= 11 is 0. The molecule has 0 fully saturated rings. The van der Waals surface area contributed by atoms with Crippen molar-refractivity contribution in [3.05, 3.63) is 198 Å². The number of benzene rings is 8. The van der Waals surface area contributed by atoms with Gasteiger partial charge < -0.3 is 9.13 Å². The molecule has 11 aromatic rings. The van der Waals surface area contributed by atoms with Crippen LogP contribution in [0, 0.1) is 11.3 Å². The van der Waals surface area contributed by atoms with E-state index in [1.54, 1.807) is 0 Å². The zero-order valence-corrected chi connectivity index (χ0v) is 44.8. The summed E-state index contributed by atoms with van der Waals surface area (Å²) in [6.45, 7) is 27.3. The lowest BCUT2D eigenvalue weighted by Gasteiger charge is -2.21. The molecule has 0 amide bonds. The van der Waals surface area contributed by atoms with Crippen molar-refractivity contribution in [1.29, 1.82) is 5.26 Å². The van der Waals surface area contributed by atoms with E-state index in [1.807, 2.05) is 72.8 Å². The Bertz CT molecular complexity index is 3840. The van der Waals surface area contributed by atoms with E-state index in [4.69, 9.17) is 15.0 Å². The molecule has 0 aliphatic rings. The first-order chi connectivity index (χ1) is 35.2. The van der Waals surface area contributed by atoms with Crippen LogP contribution in [0.4, 0.5) is 0 Å². The second kappa shape index (κ2) is 17.5. The summed E-state index contributed by atoms with van der Waals surface area (Å²) in [6, 6.07) is 63.4. The zero-order valence-electron chi connectivity index (χ0n) is 44.8. The molecule has 6 heteroatoms. The van der Waals surface area contributed by atoms with Gasteiger partial charge in [0.15, 0.2) is 17.5 Å². The number of nitrogens with zero attached hydrogens (tertiary/aromatic N) is 6. The fourth-order valence-corrected chi connectivity index (χ4v) is 10.5. The van der Waals surface area contributed by atoms with Crippen LogP contribution in [0.15, 0.2) is 170 Å². The molecule has 0 N–H and O–H groups in total. The van der Waals surface area contributed by atoms with E-state index in [1.165, 1.54) is 33.0 Å². The van der Waals surface area contributed by atoms with Crippen LogP contribution in [-0.2, 0) is 21.7 Å². The lowest BCUT2D eigenvalue weighted by atomic mass is 9.85. The third-order valence-corrected chi connectivity index (χ3v) is 14.9. The molecule has 8 aromatic carbocycles. The highest BCUT2D eigenvalue weighted by molar-refractivity contribution is 6.12. The molecule has 0 radical (unpaired) electrons. The van der Waals surface area contributed by atoms with E-state index in [0.29, 0.717) is 23.0 Å². The second-order valence-electron chi connectivity index (χ2n) is 24.2. The van der Waals surface area contributed by atoms with Crippen LogP contribution in [-0.4, -0.2) is 24.1 Å². The Morgan fingerprint density at radius 3 is 1.14 bits per heavy atom. The molecule has 0 aliphatic heterocycles. The Kier molecular flexibility index (Phi) is 11.4. The number of nitriles is 1. The third-order valence-electron chi connectivity index (χ3n) is 14.9. The van der Waals surface area contributed by atoms with E-state index in [-0.39, 0.29) is 21.7 Å². The molecule has 0 atom stereocenters. The van der Waals surface area contributed by atoms with Gasteiger partial charge in [0, 0.05) is 49.5 Å². The second-order valence-corrected chi connectivity index (χ2v) is 24.2. The maximum absolute atomic E-state index is 11.3. The molecule has 366 valence electrons. The van der Waals surface area contributed by atoms with E-state index >= 15 is 0 Å². The number of hydrogen-bond acceptors (Lipinski definition) is 4. The van der Waals surface area contributed by atoms with Crippen molar-refractivity contribution in [3.8, 4) is 62.7 Å². The third kappa shape index (κ3) is 8.44. The van der Waals surface area contributed by atoms with Gasteiger partial charge in [-0.1, -0.05) is 186 Å². The lowest BCUT2D eigenvalue weighted by Crippen LogP contribution is -2.10. The van der Waals surface area contributed by atoms with E-state index in [0.717, 1.165) is 72.0 Å². The summed E-state index contributed by atoms with van der Waals surface area (Å²) < 4.78 is 4.72. The molecule has 6 nitrogen and oxygen atoms in total. The largest absolute Gasteiger partial charge is 0.309 e. The van der Waals surface area contributed by atoms with Crippen LogP contribution < -0.4 is 0 Å². The molecule has 0 unspecified atom stereocenters. The highest BCUT2D eigenvalue weighted by Crippen LogP contribution is 2.45. The Balaban J connectivity index is 1.26. The van der Waals surface area contributed by atoms with E-state index in [2.05, 4.69) is 195 Å². The predicted octanol–water partition coefficient (Wildman–Crippen LogP) is 17.8. The minimum atomic E-state index is -0.0709. The molecule has 0 bridgehead atoms. The minimum absolute atomic E-state index is 0.0412. The molecule has 3 heterocycles. The van der Waals surface area contributed by atoms with Crippen LogP contribution >= 0.6 is 0 Å². The van der Waals surface area contributed by atoms with Gasteiger partial charge in [-0.25, -0.2) is 15.0 Å². The number of aromatic nitrogens is 5. The fourth-order valence-electron chi connectivity index (χ4n) is 10.5. The number of para-hydroxylation sites is 1. The molecule has 0 aliphatic carbocycles. The molecular weight excluding hydrogens is 901 g/mol. The highest BCUT2D eigenvalue weighted by atomic mass is 15.0. The van der Waals surface area contributed by atoms with Gasteiger partial charge in [0.25, 0.3) is 0 Å². The Hall–Kier alpha value is -8.14. The average Bonchev–Trinajstić information content (AvgIpc) is 3.89. The first-order valence-corrected chi connectivity index (χ1v) is 25.9. The fraction of sp³-hybridized carbons (Fsp3) is 0.235. The molecule has 74 heavy (non-hydrogen) atoms. The molecule has 3 aromatic heterocycles. The van der Waals surface area contributed by atoms with Gasteiger partial charge in [-0.05, 0) is 116 Å². The Morgan fingerprint density at radius 1 is 0.351 bits per heavy atom. The predicted molar refractivity (Wildman–Crippen MR) is 310 cm³/mol. The summed E-state index contributed by atoms with van der Waals surface area (Å²) in [5.74, 6) is 1.68. The van der Waals surface area contributed by atoms with Crippen molar-refractivity contribution in [3.63, 3.8) is 0 Å². The summed E-state index contributed by atoms with van der Waals surface area (Å²) in [6.07, 6.45) is 0. The number of hydrogen-bond donors (Lipinski definition) is 0. The molecule has 11 rings (SSSR count). The molecule has 0 saturated carbocycles. The summed E-state index contributed by atoms with van der Waals surface area (Å²) in [4.78, 5) is 16.0. The number of rotatable bonds is 6. The summed E-state index contributed by atoms with van der Waals surface area (Å²) in [5.41, 5.74) is 15.9. The SMILES string of the molecule is CC(C)(C)c1ccc2c(c1)c1cc(C(C)(C)C)ccc1n2-c1ccc(-c2cccc(C#N)c2-n2c3ccc(C(C)(C)C)cc3c3cc(C(C)(C)C)ccc32)c(-c2nc(-c3ccccc3)nc(-c3ccccc3)n2)c1. The topological polar surface area (TPSA) is 72.3 Å². The van der Waals surface area contributed by atoms with Gasteiger partial charge in [-0.15, -0.1) is 0 Å². The van der Waals surface area contributed by atoms with Crippen molar-refractivity contribution >= 4 is 43.6 Å². The van der Waals surface area contributed by atoms with Crippen LogP contribution in [0.3, 0.4) is 0 Å². The normalized spacial score (nSPS) is 12.6. The molecule has 0 spiro atoms. The van der Waals surface area contributed by atoms with Crippen LogP contribution in [0.25, 0.3) is 100 Å². The van der Waals surface area contributed by atoms with Crippen molar-refractivity contribution < 1.29 is 0 Å². The van der Waals surface area contributed by atoms with Crippen LogP contribution in [0.5, 0.6) is 0 Å². The van der Waals surface area contributed by atoms with Gasteiger partial charge >= 0.3 is 0 Å². The summed E-state index contributed by atoms with van der Waals surface area (Å²) in [7, 11) is 0. The van der Waals surface area contributed by atoms with Gasteiger partial charge in [0.05, 0.1) is 33.3 Å². The van der Waals surface area contributed by atoms with Gasteiger partial charge in [0.2, 0.25) is 0 Å². The van der Waals surface area contributed by atoms with Crippen molar-refractivity contribution in [2.45, 2.75) is 105 Å². The molecule has 0 saturated heterocycles. The Morgan fingerprint density at radius 2 is 0.743 bits per heavy atom.